The predicted octanol–water partition coefficient (Wildman–Crippen LogP) is 3.90. The predicted molar refractivity (Wildman–Crippen MR) is 82.6 cm³/mol. The maximum atomic E-state index is 12.7. The van der Waals surface area contributed by atoms with Crippen molar-refractivity contribution in [2.45, 2.75) is 57.7 Å². The molecule has 3 rings (SSSR count). The number of fused-ring (bicyclic) bond motifs is 1. The summed E-state index contributed by atoms with van der Waals surface area (Å²) in [6.07, 6.45) is 5.35. The normalized spacial score (nSPS) is 31.7. The first-order valence-electron chi connectivity index (χ1n) is 8.20. The fourth-order valence-corrected chi connectivity index (χ4v) is 3.84. The van der Waals surface area contributed by atoms with Gasteiger partial charge in [0, 0.05) is 12.3 Å². The maximum Gasteiger partial charge on any atom is 0.228 e. The average Bonchev–Trinajstić information content (AvgIpc) is 2.97. The summed E-state index contributed by atoms with van der Waals surface area (Å²) in [5.74, 6) is 0.344. The average molecular weight is 287 g/mol. The van der Waals surface area contributed by atoms with E-state index in [2.05, 4.69) is 24.0 Å². The molecule has 0 aromatic heterocycles. The summed E-state index contributed by atoms with van der Waals surface area (Å²) < 4.78 is 6.22. The number of nitrogens with zero attached hydrogens (tertiary/aromatic N) is 1. The Hall–Kier alpha value is -1.35. The Morgan fingerprint density at radius 2 is 2.05 bits per heavy atom. The molecule has 0 aliphatic carbocycles. The van der Waals surface area contributed by atoms with E-state index in [9.17, 15) is 4.79 Å². The molecule has 3 heteroatoms. The number of carbonyl (C=O) groups is 1. The summed E-state index contributed by atoms with van der Waals surface area (Å²) >= 11 is 0. The zero-order chi connectivity index (χ0) is 14.9. The van der Waals surface area contributed by atoms with Gasteiger partial charge in [-0.25, -0.2) is 0 Å². The molecule has 1 unspecified atom stereocenters. The molecule has 2 fully saturated rings. The van der Waals surface area contributed by atoms with Crippen LogP contribution < -0.4 is 0 Å². The second kappa shape index (κ2) is 5.80. The van der Waals surface area contributed by atoms with Gasteiger partial charge in [-0.1, -0.05) is 57.0 Å². The Morgan fingerprint density at radius 1 is 1.29 bits per heavy atom. The summed E-state index contributed by atoms with van der Waals surface area (Å²) in [4.78, 5) is 14.7. The Labute approximate surface area is 127 Å². The van der Waals surface area contributed by atoms with E-state index in [0.29, 0.717) is 6.61 Å². The fraction of sp³-hybridized carbons (Fsp3) is 0.611. The van der Waals surface area contributed by atoms with Crippen molar-refractivity contribution in [1.29, 1.82) is 0 Å². The van der Waals surface area contributed by atoms with E-state index in [4.69, 9.17) is 4.74 Å². The van der Waals surface area contributed by atoms with Crippen LogP contribution in [0.15, 0.2) is 30.3 Å². The molecule has 0 spiro atoms. The van der Waals surface area contributed by atoms with Crippen LogP contribution in [0.2, 0.25) is 0 Å². The summed E-state index contributed by atoms with van der Waals surface area (Å²) in [5, 5.41) is 0. The lowest BCUT2D eigenvalue weighted by Gasteiger charge is -2.33. The van der Waals surface area contributed by atoms with Crippen LogP contribution in [0.4, 0.5) is 0 Å². The first kappa shape index (κ1) is 14.6. The van der Waals surface area contributed by atoms with E-state index in [1.165, 1.54) is 18.4 Å². The molecule has 2 saturated heterocycles. The van der Waals surface area contributed by atoms with E-state index in [1.54, 1.807) is 0 Å². The van der Waals surface area contributed by atoms with E-state index in [-0.39, 0.29) is 23.6 Å². The highest BCUT2D eigenvalue weighted by Crippen LogP contribution is 2.49. The number of hydrogen-bond donors (Lipinski definition) is 0. The first-order chi connectivity index (χ1) is 10.2. The fourth-order valence-electron chi connectivity index (χ4n) is 3.84. The minimum Gasteiger partial charge on any atom is -0.353 e. The Balaban J connectivity index is 1.85. The number of rotatable bonds is 5. The van der Waals surface area contributed by atoms with Gasteiger partial charge in [0.2, 0.25) is 5.91 Å². The van der Waals surface area contributed by atoms with Crippen LogP contribution >= 0.6 is 0 Å². The molecule has 1 aromatic rings. The molecule has 1 amide bonds. The van der Waals surface area contributed by atoms with Gasteiger partial charge >= 0.3 is 0 Å². The van der Waals surface area contributed by atoms with Crippen molar-refractivity contribution >= 4 is 5.91 Å². The third-order valence-electron chi connectivity index (χ3n) is 4.90. The van der Waals surface area contributed by atoms with Crippen molar-refractivity contribution in [2.24, 2.45) is 5.92 Å². The molecular weight excluding hydrogens is 262 g/mol. The van der Waals surface area contributed by atoms with Gasteiger partial charge in [-0.3, -0.25) is 4.79 Å². The van der Waals surface area contributed by atoms with Gasteiger partial charge in [-0.05, 0) is 18.4 Å². The minimum absolute atomic E-state index is 0.0816. The van der Waals surface area contributed by atoms with Crippen LogP contribution in [-0.4, -0.2) is 23.1 Å². The molecular formula is C18H25NO2. The van der Waals surface area contributed by atoms with Crippen LogP contribution in [0.5, 0.6) is 0 Å². The Bertz CT molecular complexity index is 501. The van der Waals surface area contributed by atoms with Gasteiger partial charge in [0.1, 0.15) is 5.72 Å². The second-order valence-corrected chi connectivity index (χ2v) is 6.45. The van der Waals surface area contributed by atoms with Crippen molar-refractivity contribution < 1.29 is 9.53 Å². The third-order valence-corrected chi connectivity index (χ3v) is 4.90. The molecule has 21 heavy (non-hydrogen) atoms. The SMILES string of the molecule is CCCCC[C@]12CC(C)C(=O)N1[C@H](c1ccccc1)CO2. The van der Waals surface area contributed by atoms with Gasteiger partial charge in [-0.2, -0.15) is 0 Å². The van der Waals surface area contributed by atoms with E-state index < -0.39 is 0 Å². The number of amides is 1. The number of hydrogen-bond acceptors (Lipinski definition) is 2. The molecule has 2 aliphatic rings. The van der Waals surface area contributed by atoms with Gasteiger partial charge in [0.05, 0.1) is 12.6 Å². The lowest BCUT2D eigenvalue weighted by molar-refractivity contribution is -0.140. The van der Waals surface area contributed by atoms with E-state index >= 15 is 0 Å². The van der Waals surface area contributed by atoms with Gasteiger partial charge in [0.25, 0.3) is 0 Å². The molecule has 1 aromatic carbocycles. The van der Waals surface area contributed by atoms with Crippen LogP contribution in [0.1, 0.15) is 57.6 Å². The molecule has 0 N–H and O–H groups in total. The lowest BCUT2D eigenvalue weighted by atomic mass is 9.98. The van der Waals surface area contributed by atoms with E-state index in [1.807, 2.05) is 25.1 Å². The minimum atomic E-state index is -0.341. The zero-order valence-electron chi connectivity index (χ0n) is 13.0. The Morgan fingerprint density at radius 3 is 2.76 bits per heavy atom. The van der Waals surface area contributed by atoms with Crippen LogP contribution in [-0.2, 0) is 9.53 Å². The quantitative estimate of drug-likeness (QED) is 0.769. The summed E-state index contributed by atoms with van der Waals surface area (Å²) in [5.41, 5.74) is 0.851. The van der Waals surface area contributed by atoms with E-state index in [0.717, 1.165) is 19.3 Å². The van der Waals surface area contributed by atoms with Crippen molar-refractivity contribution in [3.63, 3.8) is 0 Å². The zero-order valence-corrected chi connectivity index (χ0v) is 13.0. The molecule has 2 aliphatic heterocycles. The third kappa shape index (κ3) is 2.48. The number of unbranched alkanes of at least 4 members (excludes halogenated alkanes) is 2. The van der Waals surface area contributed by atoms with Gasteiger partial charge < -0.3 is 9.64 Å². The standard InChI is InChI=1S/C18H25NO2/c1-3-4-8-11-18-12-14(2)17(20)19(18)16(13-21-18)15-9-6-5-7-10-15/h5-7,9-10,14,16H,3-4,8,11-13H2,1-2H3/t14?,16-,18-/m0/s1. The monoisotopic (exact) mass is 287 g/mol. The highest BCUT2D eigenvalue weighted by atomic mass is 16.5. The number of ether oxygens (including phenoxy) is 1. The highest BCUT2D eigenvalue weighted by Gasteiger charge is 2.56. The van der Waals surface area contributed by atoms with Crippen molar-refractivity contribution in [1.82, 2.24) is 4.90 Å². The number of carbonyl (C=O) groups excluding carboxylic acids is 1. The summed E-state index contributed by atoms with van der Waals surface area (Å²) in [7, 11) is 0. The molecule has 114 valence electrons. The van der Waals surface area contributed by atoms with Crippen molar-refractivity contribution in [2.75, 3.05) is 6.61 Å². The molecule has 0 saturated carbocycles. The molecule has 3 atom stereocenters. The first-order valence-corrected chi connectivity index (χ1v) is 8.20. The number of benzene rings is 1. The molecule has 0 radical (unpaired) electrons. The highest BCUT2D eigenvalue weighted by molar-refractivity contribution is 5.82. The molecule has 3 nitrogen and oxygen atoms in total. The smallest absolute Gasteiger partial charge is 0.228 e. The second-order valence-electron chi connectivity index (χ2n) is 6.45. The lowest BCUT2D eigenvalue weighted by Crippen LogP contribution is -2.42. The van der Waals surface area contributed by atoms with Crippen LogP contribution in [0.25, 0.3) is 0 Å². The maximum absolute atomic E-state index is 12.7. The summed E-state index contributed by atoms with van der Waals surface area (Å²) in [6, 6.07) is 10.4. The van der Waals surface area contributed by atoms with Crippen LogP contribution in [0, 0.1) is 5.92 Å². The molecule has 2 heterocycles. The largest absolute Gasteiger partial charge is 0.353 e. The Kier molecular flexibility index (Phi) is 4.03. The van der Waals surface area contributed by atoms with Gasteiger partial charge in [-0.15, -0.1) is 0 Å². The van der Waals surface area contributed by atoms with Crippen molar-refractivity contribution in [3.05, 3.63) is 35.9 Å². The van der Waals surface area contributed by atoms with Crippen molar-refractivity contribution in [3.8, 4) is 0 Å². The molecule has 0 bridgehead atoms. The summed E-state index contributed by atoms with van der Waals surface area (Å²) in [6.45, 7) is 4.88. The van der Waals surface area contributed by atoms with Gasteiger partial charge in [0.15, 0.2) is 0 Å². The van der Waals surface area contributed by atoms with Crippen LogP contribution in [0.3, 0.4) is 0 Å². The topological polar surface area (TPSA) is 29.5 Å².